The monoisotopic (exact) mass is 234 g/mol. The summed E-state index contributed by atoms with van der Waals surface area (Å²) in [6.07, 6.45) is 5.00. The fraction of sp³-hybridized carbons (Fsp3) is 0.625. The van der Waals surface area contributed by atoms with Gasteiger partial charge < -0.3 is 9.47 Å². The quantitative estimate of drug-likeness (QED) is 0.426. The molecule has 1 aliphatic heterocycles. The molecule has 1 fully saturated rings. The third-order valence-electron chi connectivity index (χ3n) is 1.58. The molecule has 0 aromatic heterocycles. The maximum absolute atomic E-state index is 10.1. The van der Waals surface area contributed by atoms with E-state index in [0.29, 0.717) is 10.8 Å². The molecule has 1 heterocycles. The summed E-state index contributed by atoms with van der Waals surface area (Å²) in [6.45, 7) is 0.747. The number of rotatable bonds is 3. The Kier molecular flexibility index (Phi) is 4.32. The zero-order chi connectivity index (χ0) is 8.81. The predicted molar refractivity (Wildman–Crippen MR) is 47.8 cm³/mol. The van der Waals surface area contributed by atoms with E-state index in [1.807, 2.05) is 0 Å². The van der Waals surface area contributed by atoms with E-state index < -0.39 is 0 Å². The average Bonchev–Trinajstić information content (AvgIpc) is 2.16. The lowest BCUT2D eigenvalue weighted by Gasteiger charge is -2.21. The Bertz CT molecular complexity index is 173. The first-order chi connectivity index (χ1) is 5.83. The topological polar surface area (TPSA) is 35.5 Å². The molecule has 1 rings (SSSR count). The molecule has 0 amide bonds. The van der Waals surface area contributed by atoms with Crippen LogP contribution in [0.1, 0.15) is 19.3 Å². The Morgan fingerprint density at radius 1 is 1.58 bits per heavy atom. The Balaban J connectivity index is 2.25. The Morgan fingerprint density at radius 3 is 3.00 bits per heavy atom. The molecule has 0 N–H and O–H groups in total. The molecule has 12 heavy (non-hydrogen) atoms. The van der Waals surface area contributed by atoms with Crippen LogP contribution in [0.4, 0.5) is 0 Å². The minimum Gasteiger partial charge on any atom is -0.471 e. The van der Waals surface area contributed by atoms with Crippen molar-refractivity contribution in [2.24, 2.45) is 0 Å². The van der Waals surface area contributed by atoms with Crippen molar-refractivity contribution in [2.75, 3.05) is 6.61 Å². The molecule has 1 atom stereocenters. The van der Waals surface area contributed by atoms with Crippen molar-refractivity contribution >= 4 is 22.2 Å². The van der Waals surface area contributed by atoms with E-state index in [4.69, 9.17) is 9.47 Å². The van der Waals surface area contributed by atoms with E-state index in [1.54, 1.807) is 0 Å². The van der Waals surface area contributed by atoms with Gasteiger partial charge in [-0.15, -0.1) is 0 Å². The van der Waals surface area contributed by atoms with E-state index in [1.165, 1.54) is 6.26 Å². The van der Waals surface area contributed by atoms with Crippen LogP contribution in [0.3, 0.4) is 0 Å². The Hall–Kier alpha value is -0.350. The first-order valence-corrected chi connectivity index (χ1v) is 4.70. The third kappa shape index (κ3) is 3.36. The molecule has 68 valence electrons. The second-order valence-corrected chi connectivity index (χ2v) is 3.47. The Labute approximate surface area is 79.9 Å². The van der Waals surface area contributed by atoms with Gasteiger partial charge in [-0.05, 0) is 28.8 Å². The molecular weight excluding hydrogens is 224 g/mol. The van der Waals surface area contributed by atoms with Gasteiger partial charge in [-0.3, -0.25) is 4.79 Å². The lowest BCUT2D eigenvalue weighted by Crippen LogP contribution is -2.20. The molecule has 3 nitrogen and oxygen atoms in total. The second-order valence-electron chi connectivity index (χ2n) is 2.55. The molecule has 0 unspecified atom stereocenters. The zero-order valence-corrected chi connectivity index (χ0v) is 8.25. The number of hydrogen-bond acceptors (Lipinski definition) is 3. The number of halogens is 1. The molecule has 0 bridgehead atoms. The fourth-order valence-electron chi connectivity index (χ4n) is 0.987. The van der Waals surface area contributed by atoms with Gasteiger partial charge in [0, 0.05) is 6.42 Å². The highest BCUT2D eigenvalue weighted by Crippen LogP contribution is 2.14. The fourth-order valence-corrected chi connectivity index (χ4v) is 1.10. The molecule has 0 aromatic rings. The number of allylic oxidation sites excluding steroid dienone is 1. The summed E-state index contributed by atoms with van der Waals surface area (Å²) in [6, 6.07) is 0. The molecule has 0 aromatic carbocycles. The number of aldehydes is 1. The summed E-state index contributed by atoms with van der Waals surface area (Å²) in [4.78, 5) is 10.1. The second kappa shape index (κ2) is 5.32. The highest BCUT2D eigenvalue weighted by atomic mass is 79.9. The summed E-state index contributed by atoms with van der Waals surface area (Å²) in [5.74, 6) is 0. The first-order valence-electron chi connectivity index (χ1n) is 3.91. The molecule has 0 spiro atoms. The lowest BCUT2D eigenvalue weighted by molar-refractivity contribution is -0.130. The maximum Gasteiger partial charge on any atom is 0.198 e. The van der Waals surface area contributed by atoms with E-state index in [-0.39, 0.29) is 6.29 Å². The SMILES string of the molecule is O=C/C(Br)=C/O[C@H]1CCCCO1. The molecular formula is C8H11BrO3. The molecule has 0 aliphatic carbocycles. The van der Waals surface area contributed by atoms with E-state index >= 15 is 0 Å². The van der Waals surface area contributed by atoms with Gasteiger partial charge in [0.25, 0.3) is 0 Å². The van der Waals surface area contributed by atoms with Crippen LogP contribution < -0.4 is 0 Å². The summed E-state index contributed by atoms with van der Waals surface area (Å²) < 4.78 is 10.8. The summed E-state index contributed by atoms with van der Waals surface area (Å²) in [5, 5.41) is 0. The lowest BCUT2D eigenvalue weighted by atomic mass is 10.2. The predicted octanol–water partition coefficient (Wildman–Crippen LogP) is 1.96. The van der Waals surface area contributed by atoms with Crippen molar-refractivity contribution in [3.63, 3.8) is 0 Å². The van der Waals surface area contributed by atoms with Gasteiger partial charge in [0.05, 0.1) is 11.1 Å². The van der Waals surface area contributed by atoms with Gasteiger partial charge in [0.15, 0.2) is 12.6 Å². The highest BCUT2D eigenvalue weighted by Gasteiger charge is 2.12. The standard InChI is InChI=1S/C8H11BrO3/c9-7(5-10)6-12-8-3-1-2-4-11-8/h5-6,8H,1-4H2/b7-6-/t8-/m0/s1. The smallest absolute Gasteiger partial charge is 0.198 e. The van der Waals surface area contributed by atoms with Crippen LogP contribution in [0, 0.1) is 0 Å². The Morgan fingerprint density at radius 2 is 2.42 bits per heavy atom. The van der Waals surface area contributed by atoms with Crippen LogP contribution in [0.25, 0.3) is 0 Å². The zero-order valence-electron chi connectivity index (χ0n) is 6.66. The molecule has 1 aliphatic rings. The van der Waals surface area contributed by atoms with Crippen molar-refractivity contribution in [1.29, 1.82) is 0 Å². The van der Waals surface area contributed by atoms with Crippen molar-refractivity contribution in [3.8, 4) is 0 Å². The van der Waals surface area contributed by atoms with Crippen LogP contribution in [-0.2, 0) is 14.3 Å². The number of hydrogen-bond donors (Lipinski definition) is 0. The van der Waals surface area contributed by atoms with Crippen molar-refractivity contribution < 1.29 is 14.3 Å². The number of carbonyl (C=O) groups is 1. The van der Waals surface area contributed by atoms with Gasteiger partial charge in [-0.25, -0.2) is 0 Å². The van der Waals surface area contributed by atoms with Gasteiger partial charge in [-0.2, -0.15) is 0 Å². The van der Waals surface area contributed by atoms with Crippen LogP contribution in [0.5, 0.6) is 0 Å². The van der Waals surface area contributed by atoms with E-state index in [2.05, 4.69) is 15.9 Å². The molecule has 0 saturated carbocycles. The van der Waals surface area contributed by atoms with E-state index in [0.717, 1.165) is 25.9 Å². The summed E-state index contributed by atoms with van der Waals surface area (Å²) in [7, 11) is 0. The maximum atomic E-state index is 10.1. The number of ether oxygens (including phenoxy) is 2. The first kappa shape index (κ1) is 9.74. The minimum absolute atomic E-state index is 0.175. The van der Waals surface area contributed by atoms with Gasteiger partial charge in [-0.1, -0.05) is 0 Å². The van der Waals surface area contributed by atoms with Crippen LogP contribution in [-0.4, -0.2) is 19.2 Å². The minimum atomic E-state index is -0.175. The van der Waals surface area contributed by atoms with Crippen LogP contribution in [0.15, 0.2) is 10.7 Å². The average molecular weight is 235 g/mol. The summed E-state index contributed by atoms with van der Waals surface area (Å²) >= 11 is 3.02. The van der Waals surface area contributed by atoms with Gasteiger partial charge in [0.2, 0.25) is 0 Å². The third-order valence-corrected chi connectivity index (χ3v) is 1.96. The molecule has 0 radical (unpaired) electrons. The number of carbonyl (C=O) groups excluding carboxylic acids is 1. The van der Waals surface area contributed by atoms with Crippen molar-refractivity contribution in [2.45, 2.75) is 25.6 Å². The highest BCUT2D eigenvalue weighted by molar-refractivity contribution is 9.12. The largest absolute Gasteiger partial charge is 0.471 e. The van der Waals surface area contributed by atoms with Gasteiger partial charge in [0.1, 0.15) is 6.26 Å². The van der Waals surface area contributed by atoms with Crippen molar-refractivity contribution in [3.05, 3.63) is 10.7 Å². The van der Waals surface area contributed by atoms with E-state index in [9.17, 15) is 4.79 Å². The molecule has 4 heteroatoms. The normalized spacial score (nSPS) is 25.1. The van der Waals surface area contributed by atoms with Crippen LogP contribution in [0.2, 0.25) is 0 Å². The van der Waals surface area contributed by atoms with Gasteiger partial charge >= 0.3 is 0 Å². The molecule has 1 saturated heterocycles. The van der Waals surface area contributed by atoms with Crippen molar-refractivity contribution in [1.82, 2.24) is 0 Å². The van der Waals surface area contributed by atoms with Crippen LogP contribution >= 0.6 is 15.9 Å². The summed E-state index contributed by atoms with van der Waals surface area (Å²) in [5.41, 5.74) is 0.